The van der Waals surface area contributed by atoms with Gasteiger partial charge in [-0.1, -0.05) is 0 Å². The van der Waals surface area contributed by atoms with Gasteiger partial charge in [0.05, 0.1) is 7.11 Å². The van der Waals surface area contributed by atoms with Crippen molar-refractivity contribution in [1.29, 1.82) is 0 Å². The molecule has 124 valence electrons. The molecule has 0 saturated heterocycles. The summed E-state index contributed by atoms with van der Waals surface area (Å²) in [5.74, 6) is 3.86. The van der Waals surface area contributed by atoms with Crippen molar-refractivity contribution < 1.29 is 9.84 Å². The summed E-state index contributed by atoms with van der Waals surface area (Å²) < 4.78 is 5.52. The van der Waals surface area contributed by atoms with E-state index in [0.717, 1.165) is 41.2 Å². The predicted octanol–water partition coefficient (Wildman–Crippen LogP) is 4.31. The number of hydrogen-bond donors (Lipinski definition) is 1. The molecule has 23 heavy (non-hydrogen) atoms. The highest BCUT2D eigenvalue weighted by Crippen LogP contribution is 2.62. The van der Waals surface area contributed by atoms with Gasteiger partial charge in [0, 0.05) is 23.9 Å². The third kappa shape index (κ3) is 2.45. The highest BCUT2D eigenvalue weighted by atomic mass is 16.5. The molecule has 5 rings (SSSR count). The van der Waals surface area contributed by atoms with E-state index in [1.807, 2.05) is 13.0 Å². The number of rotatable bonds is 4. The van der Waals surface area contributed by atoms with Gasteiger partial charge < -0.3 is 9.84 Å². The largest absolute Gasteiger partial charge is 0.507 e. The topological polar surface area (TPSA) is 41.8 Å². The molecule has 4 fully saturated rings. The minimum atomic E-state index is 0.169. The number of aliphatic imine (C=N–C) groups is 1. The molecule has 1 aromatic rings. The molecule has 0 heterocycles. The summed E-state index contributed by atoms with van der Waals surface area (Å²) in [6, 6.07) is 3.99. The first kappa shape index (κ1) is 15.0. The third-order valence-electron chi connectivity index (χ3n) is 6.37. The second-order valence-electron chi connectivity index (χ2n) is 7.94. The van der Waals surface area contributed by atoms with Crippen molar-refractivity contribution in [2.75, 3.05) is 13.7 Å². The Morgan fingerprint density at radius 2 is 1.78 bits per heavy atom. The molecule has 4 aliphatic carbocycles. The zero-order valence-corrected chi connectivity index (χ0v) is 14.2. The first-order valence-corrected chi connectivity index (χ1v) is 9.05. The fourth-order valence-electron chi connectivity index (χ4n) is 5.88. The molecule has 0 aromatic heterocycles. The van der Waals surface area contributed by atoms with Gasteiger partial charge in [-0.3, -0.25) is 4.99 Å². The Labute approximate surface area is 138 Å². The minimum absolute atomic E-state index is 0.169. The molecule has 3 heteroatoms. The van der Waals surface area contributed by atoms with Crippen LogP contribution in [0.4, 0.5) is 0 Å². The van der Waals surface area contributed by atoms with Crippen LogP contribution in [0.5, 0.6) is 11.5 Å². The van der Waals surface area contributed by atoms with Crippen LogP contribution in [0, 0.1) is 17.8 Å². The maximum absolute atomic E-state index is 10.9. The molecule has 1 aromatic carbocycles. The van der Waals surface area contributed by atoms with Crippen molar-refractivity contribution in [3.63, 3.8) is 0 Å². The van der Waals surface area contributed by atoms with Gasteiger partial charge in [-0.05, 0) is 80.8 Å². The summed E-state index contributed by atoms with van der Waals surface area (Å²) in [6.45, 7) is 2.73. The van der Waals surface area contributed by atoms with E-state index in [1.165, 1.54) is 38.5 Å². The molecular weight excluding hydrogens is 286 g/mol. The number of benzene rings is 1. The van der Waals surface area contributed by atoms with Crippen LogP contribution >= 0.6 is 0 Å². The second kappa shape index (κ2) is 5.54. The third-order valence-corrected chi connectivity index (χ3v) is 6.37. The minimum Gasteiger partial charge on any atom is -0.507 e. The molecule has 0 unspecified atom stereocenters. The van der Waals surface area contributed by atoms with Crippen molar-refractivity contribution in [3.8, 4) is 11.5 Å². The Bertz CT molecular complexity index is 599. The smallest absolute Gasteiger partial charge is 0.128 e. The lowest BCUT2D eigenvalue weighted by atomic mass is 9.48. The van der Waals surface area contributed by atoms with Crippen molar-refractivity contribution in [2.24, 2.45) is 22.7 Å². The summed E-state index contributed by atoms with van der Waals surface area (Å²) in [7, 11) is 1.70. The van der Waals surface area contributed by atoms with Gasteiger partial charge in [-0.2, -0.15) is 0 Å². The van der Waals surface area contributed by atoms with Gasteiger partial charge in [-0.15, -0.1) is 0 Å². The van der Waals surface area contributed by atoms with Crippen LogP contribution in [0.1, 0.15) is 56.6 Å². The highest BCUT2D eigenvalue weighted by Gasteiger charge is 2.52. The fraction of sp³-hybridized carbons (Fsp3) is 0.650. The maximum atomic E-state index is 10.9. The Kier molecular flexibility index (Phi) is 3.62. The van der Waals surface area contributed by atoms with Gasteiger partial charge in [-0.25, -0.2) is 0 Å². The van der Waals surface area contributed by atoms with E-state index in [1.54, 1.807) is 13.3 Å². The SMILES string of the molecule is CCN=Cc1cc(OC)cc(C23CC4CC(CC(C4)C2)C3)c1O. The number of methoxy groups -OCH3 is 1. The molecule has 0 atom stereocenters. The normalized spacial score (nSPS) is 35.1. The van der Waals surface area contributed by atoms with Crippen LogP contribution in [-0.4, -0.2) is 25.0 Å². The van der Waals surface area contributed by atoms with Crippen LogP contribution in [0.3, 0.4) is 0 Å². The molecule has 0 radical (unpaired) electrons. The molecule has 3 nitrogen and oxygen atoms in total. The van der Waals surface area contributed by atoms with Gasteiger partial charge in [0.15, 0.2) is 0 Å². The molecule has 0 spiro atoms. The quantitative estimate of drug-likeness (QED) is 0.842. The number of hydrogen-bond acceptors (Lipinski definition) is 3. The lowest BCUT2D eigenvalue weighted by Gasteiger charge is -2.57. The van der Waals surface area contributed by atoms with Crippen LogP contribution < -0.4 is 4.74 Å². The number of nitrogens with zero attached hydrogens (tertiary/aromatic N) is 1. The van der Waals surface area contributed by atoms with E-state index >= 15 is 0 Å². The zero-order chi connectivity index (χ0) is 16.0. The van der Waals surface area contributed by atoms with Gasteiger partial charge in [0.2, 0.25) is 0 Å². The summed E-state index contributed by atoms with van der Waals surface area (Å²) >= 11 is 0. The molecule has 1 N–H and O–H groups in total. The number of aromatic hydroxyl groups is 1. The van der Waals surface area contributed by atoms with E-state index in [0.29, 0.717) is 5.75 Å². The van der Waals surface area contributed by atoms with Crippen LogP contribution in [0.25, 0.3) is 0 Å². The van der Waals surface area contributed by atoms with Crippen molar-refractivity contribution in [1.82, 2.24) is 0 Å². The van der Waals surface area contributed by atoms with Crippen molar-refractivity contribution in [3.05, 3.63) is 23.3 Å². The Hall–Kier alpha value is -1.51. The maximum Gasteiger partial charge on any atom is 0.128 e. The summed E-state index contributed by atoms with van der Waals surface area (Å²) in [4.78, 5) is 4.33. The van der Waals surface area contributed by atoms with Crippen LogP contribution in [-0.2, 0) is 5.41 Å². The summed E-state index contributed by atoms with van der Waals surface area (Å²) in [5.41, 5.74) is 2.09. The Morgan fingerprint density at radius 3 is 2.30 bits per heavy atom. The lowest BCUT2D eigenvalue weighted by Crippen LogP contribution is -2.48. The van der Waals surface area contributed by atoms with Gasteiger partial charge in [0.1, 0.15) is 11.5 Å². The Balaban J connectivity index is 1.80. The average Bonchev–Trinajstić information content (AvgIpc) is 2.52. The molecule has 4 aliphatic rings. The van der Waals surface area contributed by atoms with Crippen molar-refractivity contribution in [2.45, 2.75) is 50.9 Å². The van der Waals surface area contributed by atoms with E-state index in [9.17, 15) is 5.11 Å². The number of ether oxygens (including phenoxy) is 1. The monoisotopic (exact) mass is 313 g/mol. The highest BCUT2D eigenvalue weighted by molar-refractivity contribution is 5.85. The summed E-state index contributed by atoms with van der Waals surface area (Å²) in [5, 5.41) is 10.9. The van der Waals surface area contributed by atoms with Gasteiger partial charge >= 0.3 is 0 Å². The molecule has 4 bridgehead atoms. The number of phenolic OH excluding ortho intramolecular Hbond substituents is 1. The molecular formula is C20H27NO2. The molecule has 0 aliphatic heterocycles. The lowest BCUT2D eigenvalue weighted by molar-refractivity contribution is -0.00622. The predicted molar refractivity (Wildman–Crippen MR) is 92.6 cm³/mol. The van der Waals surface area contributed by atoms with Crippen LogP contribution in [0.2, 0.25) is 0 Å². The van der Waals surface area contributed by atoms with E-state index < -0.39 is 0 Å². The average molecular weight is 313 g/mol. The fourth-order valence-corrected chi connectivity index (χ4v) is 5.88. The van der Waals surface area contributed by atoms with E-state index in [-0.39, 0.29) is 5.41 Å². The zero-order valence-electron chi connectivity index (χ0n) is 14.2. The first-order chi connectivity index (χ1) is 11.1. The second-order valence-corrected chi connectivity index (χ2v) is 7.94. The van der Waals surface area contributed by atoms with E-state index in [2.05, 4.69) is 11.1 Å². The van der Waals surface area contributed by atoms with Gasteiger partial charge in [0.25, 0.3) is 0 Å². The van der Waals surface area contributed by atoms with Crippen LogP contribution in [0.15, 0.2) is 17.1 Å². The molecule has 0 amide bonds. The van der Waals surface area contributed by atoms with Crippen molar-refractivity contribution >= 4 is 6.21 Å². The standard InChI is InChI=1S/C20H27NO2/c1-3-21-12-16-7-17(23-2)8-18(19(16)22)20-9-13-4-14(10-20)6-15(5-13)11-20/h7-8,12-15,22H,3-6,9-11H2,1-2H3. The Morgan fingerprint density at radius 1 is 1.17 bits per heavy atom. The summed E-state index contributed by atoms with van der Waals surface area (Å²) in [6.07, 6.45) is 9.75. The first-order valence-electron chi connectivity index (χ1n) is 9.05. The van der Waals surface area contributed by atoms with E-state index in [4.69, 9.17) is 4.74 Å². The number of phenols is 1. The molecule has 4 saturated carbocycles.